The lowest BCUT2D eigenvalue weighted by molar-refractivity contribution is -0.151. The molecule has 0 aliphatic rings. The minimum Gasteiger partial charge on any atom is -0.466 e. The Labute approximate surface area is 159 Å². The van der Waals surface area contributed by atoms with Gasteiger partial charge in [-0.25, -0.2) is 13.6 Å². The summed E-state index contributed by atoms with van der Waals surface area (Å²) in [6.45, 7) is 7.30. The topological polar surface area (TPSA) is 55.8 Å². The number of hydrogen-bond donors (Lipinski definition) is 0. The Morgan fingerprint density at radius 1 is 1.15 bits per heavy atom. The second kappa shape index (κ2) is 9.67. The predicted molar refractivity (Wildman–Crippen MR) is 98.4 cm³/mol. The van der Waals surface area contributed by atoms with Crippen molar-refractivity contribution in [2.75, 3.05) is 13.2 Å². The molecule has 1 aromatic rings. The molecular formula is C20H29F2NO4. The van der Waals surface area contributed by atoms with E-state index in [1.807, 2.05) is 0 Å². The van der Waals surface area contributed by atoms with Gasteiger partial charge < -0.3 is 9.47 Å². The van der Waals surface area contributed by atoms with Crippen molar-refractivity contribution in [2.24, 2.45) is 5.92 Å². The molecule has 7 heteroatoms. The number of carbonyl (C=O) groups excluding carboxylic acids is 2. The molecular weight excluding hydrogens is 356 g/mol. The molecule has 5 nitrogen and oxygen atoms in total. The molecule has 0 fully saturated rings. The Bertz CT molecular complexity index is 614. The monoisotopic (exact) mass is 385 g/mol. The lowest BCUT2D eigenvalue weighted by Crippen LogP contribution is -2.44. The zero-order valence-corrected chi connectivity index (χ0v) is 16.6. The first-order valence-electron chi connectivity index (χ1n) is 9.00. The van der Waals surface area contributed by atoms with Crippen molar-refractivity contribution in [1.82, 2.24) is 4.90 Å². The van der Waals surface area contributed by atoms with E-state index in [4.69, 9.17) is 9.47 Å². The Morgan fingerprint density at radius 2 is 1.74 bits per heavy atom. The lowest BCUT2D eigenvalue weighted by Gasteiger charge is -2.31. The molecule has 0 aromatic heterocycles. The van der Waals surface area contributed by atoms with E-state index in [-0.39, 0.29) is 13.2 Å². The van der Waals surface area contributed by atoms with Crippen molar-refractivity contribution in [3.63, 3.8) is 0 Å². The molecule has 1 aromatic carbocycles. The molecule has 1 amide bonds. The van der Waals surface area contributed by atoms with Crippen molar-refractivity contribution >= 4 is 12.1 Å². The molecule has 0 aliphatic carbocycles. The minimum atomic E-state index is -3.27. The first-order valence-corrected chi connectivity index (χ1v) is 9.00. The van der Waals surface area contributed by atoms with Crippen molar-refractivity contribution in [3.05, 3.63) is 35.9 Å². The summed E-state index contributed by atoms with van der Waals surface area (Å²) >= 11 is 0. The van der Waals surface area contributed by atoms with Crippen LogP contribution in [0.15, 0.2) is 30.3 Å². The van der Waals surface area contributed by atoms with Crippen molar-refractivity contribution in [2.45, 2.75) is 59.1 Å². The number of alkyl halides is 2. The summed E-state index contributed by atoms with van der Waals surface area (Å²) in [6.07, 6.45) is -1.53. The maximum absolute atomic E-state index is 14.6. The molecule has 27 heavy (non-hydrogen) atoms. The highest BCUT2D eigenvalue weighted by atomic mass is 19.3. The Hall–Kier alpha value is -2.18. The van der Waals surface area contributed by atoms with Gasteiger partial charge in [0.05, 0.1) is 19.1 Å². The maximum Gasteiger partial charge on any atom is 0.410 e. The third-order valence-corrected chi connectivity index (χ3v) is 3.58. The number of esters is 1. The third-order valence-electron chi connectivity index (χ3n) is 3.58. The van der Waals surface area contributed by atoms with Gasteiger partial charge in [-0.1, -0.05) is 37.3 Å². The van der Waals surface area contributed by atoms with Gasteiger partial charge in [-0.15, -0.1) is 0 Å². The number of amides is 1. The number of ether oxygens (including phenoxy) is 2. The van der Waals surface area contributed by atoms with Crippen LogP contribution in [0, 0.1) is 5.92 Å². The molecule has 1 atom stereocenters. The second-order valence-corrected chi connectivity index (χ2v) is 7.54. The summed E-state index contributed by atoms with van der Waals surface area (Å²) in [5.41, 5.74) is -0.0999. The van der Waals surface area contributed by atoms with E-state index >= 15 is 0 Å². The van der Waals surface area contributed by atoms with Gasteiger partial charge in [-0.05, 0) is 33.3 Å². The first-order chi connectivity index (χ1) is 12.4. The van der Waals surface area contributed by atoms with Gasteiger partial charge in [-0.2, -0.15) is 0 Å². The largest absolute Gasteiger partial charge is 0.466 e. The predicted octanol–water partition coefficient (Wildman–Crippen LogP) is 4.65. The van der Waals surface area contributed by atoms with E-state index in [0.717, 1.165) is 4.90 Å². The van der Waals surface area contributed by atoms with Gasteiger partial charge in [0.15, 0.2) is 0 Å². The van der Waals surface area contributed by atoms with Crippen LogP contribution in [-0.2, 0) is 20.8 Å². The van der Waals surface area contributed by atoms with Crippen molar-refractivity contribution in [1.29, 1.82) is 0 Å². The summed E-state index contributed by atoms with van der Waals surface area (Å²) in [7, 11) is 0. The van der Waals surface area contributed by atoms with Gasteiger partial charge in [0.2, 0.25) is 0 Å². The molecule has 0 bridgehead atoms. The molecule has 0 radical (unpaired) electrons. The van der Waals surface area contributed by atoms with Crippen LogP contribution in [0.5, 0.6) is 0 Å². The molecule has 0 aliphatic heterocycles. The fourth-order valence-corrected chi connectivity index (χ4v) is 2.47. The lowest BCUT2D eigenvalue weighted by atomic mass is 10.0. The zero-order valence-electron chi connectivity index (χ0n) is 16.6. The average molecular weight is 385 g/mol. The third kappa shape index (κ3) is 8.84. The van der Waals surface area contributed by atoms with E-state index < -0.39 is 42.5 Å². The number of hydrogen-bond acceptors (Lipinski definition) is 4. The fraction of sp³-hybridized carbons (Fsp3) is 0.600. The highest BCUT2D eigenvalue weighted by Crippen LogP contribution is 2.27. The van der Waals surface area contributed by atoms with Crippen LogP contribution in [-0.4, -0.2) is 41.6 Å². The van der Waals surface area contributed by atoms with Gasteiger partial charge in [0.25, 0.3) is 5.92 Å². The Kier molecular flexibility index (Phi) is 8.19. The van der Waals surface area contributed by atoms with E-state index in [9.17, 15) is 18.4 Å². The maximum atomic E-state index is 14.6. The van der Waals surface area contributed by atoms with Crippen LogP contribution in [0.2, 0.25) is 0 Å². The fourth-order valence-electron chi connectivity index (χ4n) is 2.47. The summed E-state index contributed by atoms with van der Waals surface area (Å²) in [5.74, 6) is -4.92. The number of halogens is 2. The summed E-state index contributed by atoms with van der Waals surface area (Å²) in [5, 5.41) is 0. The van der Waals surface area contributed by atoms with Crippen LogP contribution >= 0.6 is 0 Å². The quantitative estimate of drug-likeness (QED) is 0.612. The molecule has 0 N–H and O–H groups in total. The van der Waals surface area contributed by atoms with Crippen LogP contribution in [0.4, 0.5) is 13.6 Å². The zero-order chi connectivity index (χ0) is 20.7. The van der Waals surface area contributed by atoms with E-state index in [1.54, 1.807) is 58.0 Å². The first kappa shape index (κ1) is 22.9. The molecule has 0 heterocycles. The highest BCUT2D eigenvalue weighted by molar-refractivity contribution is 5.72. The number of nitrogens with zero attached hydrogens (tertiary/aromatic N) is 1. The van der Waals surface area contributed by atoms with Crippen molar-refractivity contribution in [3.8, 4) is 0 Å². The van der Waals surface area contributed by atoms with E-state index in [0.29, 0.717) is 5.56 Å². The molecule has 152 valence electrons. The van der Waals surface area contributed by atoms with E-state index in [1.165, 1.54) is 6.92 Å². The second-order valence-electron chi connectivity index (χ2n) is 7.54. The molecule has 0 spiro atoms. The van der Waals surface area contributed by atoms with Gasteiger partial charge >= 0.3 is 12.1 Å². The van der Waals surface area contributed by atoms with Gasteiger partial charge in [0.1, 0.15) is 5.60 Å². The van der Waals surface area contributed by atoms with Gasteiger partial charge in [-0.3, -0.25) is 9.69 Å². The smallest absolute Gasteiger partial charge is 0.410 e. The number of rotatable bonds is 8. The highest BCUT2D eigenvalue weighted by Gasteiger charge is 2.38. The van der Waals surface area contributed by atoms with Crippen LogP contribution < -0.4 is 0 Å². The number of benzene rings is 1. The van der Waals surface area contributed by atoms with E-state index in [2.05, 4.69) is 0 Å². The average Bonchev–Trinajstić information content (AvgIpc) is 2.53. The normalized spacial score (nSPS) is 13.0. The summed E-state index contributed by atoms with van der Waals surface area (Å²) in [4.78, 5) is 25.1. The van der Waals surface area contributed by atoms with Gasteiger partial charge in [0, 0.05) is 13.0 Å². The molecule has 1 rings (SSSR count). The molecule has 1 unspecified atom stereocenters. The van der Waals surface area contributed by atoms with Crippen LogP contribution in [0.3, 0.4) is 0 Å². The van der Waals surface area contributed by atoms with Crippen molar-refractivity contribution < 1.29 is 27.8 Å². The number of carbonyl (C=O) groups is 2. The van der Waals surface area contributed by atoms with Crippen LogP contribution in [0.1, 0.15) is 46.6 Å². The SMILES string of the molecule is CCOC(=O)C(C)CC(F)(F)CN(Cc1ccccc1)C(=O)OC(C)(C)C. The molecule has 0 saturated heterocycles. The van der Waals surface area contributed by atoms with Crippen LogP contribution in [0.25, 0.3) is 0 Å². The Morgan fingerprint density at radius 3 is 2.26 bits per heavy atom. The summed E-state index contributed by atoms with van der Waals surface area (Å²) in [6, 6.07) is 8.83. The summed E-state index contributed by atoms with van der Waals surface area (Å²) < 4.78 is 39.2. The minimum absolute atomic E-state index is 0.0148. The molecule has 0 saturated carbocycles. The standard InChI is InChI=1S/C20H29F2NO4/c1-6-26-17(24)15(2)12-20(21,22)14-23(18(25)27-19(3,4)5)13-16-10-8-7-9-11-16/h7-11,15H,6,12-14H2,1-5H3. The Balaban J connectivity index is 2.90.